The minimum atomic E-state index is 0.325. The molecule has 0 saturated carbocycles. The summed E-state index contributed by atoms with van der Waals surface area (Å²) in [6.45, 7) is 4.10. The molecule has 0 bridgehead atoms. The highest BCUT2D eigenvalue weighted by Crippen LogP contribution is 2.21. The van der Waals surface area contributed by atoms with Crippen LogP contribution in [0.15, 0.2) is 66.3 Å². The Morgan fingerprint density at radius 1 is 1.12 bits per heavy atom. The monoisotopic (exact) mass is 344 g/mol. The molecule has 26 heavy (non-hydrogen) atoms. The molecule has 7 nitrogen and oxygen atoms in total. The number of para-hydroxylation sites is 1. The number of hydrogen-bond donors (Lipinski definition) is 2. The lowest BCUT2D eigenvalue weighted by Crippen LogP contribution is -1.99. The Bertz CT molecular complexity index is 1080. The van der Waals surface area contributed by atoms with Gasteiger partial charge in [-0.2, -0.15) is 10.1 Å². The molecule has 7 heteroatoms. The highest BCUT2D eigenvalue weighted by Gasteiger charge is 2.07. The van der Waals surface area contributed by atoms with Crippen molar-refractivity contribution in [1.29, 1.82) is 0 Å². The molecule has 0 aliphatic heterocycles. The van der Waals surface area contributed by atoms with Crippen LogP contribution in [0, 0.1) is 0 Å². The number of rotatable bonds is 6. The molecular formula is C19H16N6O. The number of benzene rings is 2. The highest BCUT2D eigenvalue weighted by atomic mass is 16.5. The van der Waals surface area contributed by atoms with E-state index in [1.807, 2.05) is 48.5 Å². The Kier molecular flexibility index (Phi) is 4.26. The van der Waals surface area contributed by atoms with E-state index in [4.69, 9.17) is 4.74 Å². The first-order valence-electron chi connectivity index (χ1n) is 8.07. The fourth-order valence-corrected chi connectivity index (χ4v) is 2.54. The van der Waals surface area contributed by atoms with Gasteiger partial charge in [0.1, 0.15) is 17.9 Å². The second-order valence-corrected chi connectivity index (χ2v) is 5.54. The Morgan fingerprint density at radius 3 is 2.81 bits per heavy atom. The van der Waals surface area contributed by atoms with Crippen LogP contribution in [0.25, 0.3) is 22.1 Å². The van der Waals surface area contributed by atoms with Gasteiger partial charge in [-0.15, -0.1) is 10.2 Å². The second-order valence-electron chi connectivity index (χ2n) is 5.54. The van der Waals surface area contributed by atoms with Crippen molar-refractivity contribution in [3.05, 3.63) is 66.7 Å². The van der Waals surface area contributed by atoms with Crippen LogP contribution in [0.1, 0.15) is 5.56 Å². The van der Waals surface area contributed by atoms with E-state index in [2.05, 4.69) is 37.3 Å². The van der Waals surface area contributed by atoms with Crippen LogP contribution in [0.2, 0.25) is 0 Å². The summed E-state index contributed by atoms with van der Waals surface area (Å²) in [4.78, 5) is 7.63. The normalized spacial score (nSPS) is 11.2. The third kappa shape index (κ3) is 3.23. The van der Waals surface area contributed by atoms with Gasteiger partial charge in [-0.25, -0.2) is 5.43 Å². The summed E-state index contributed by atoms with van der Waals surface area (Å²) in [7, 11) is 0. The summed E-state index contributed by atoms with van der Waals surface area (Å²) < 4.78 is 5.44. The standard InChI is InChI=1S/C19H16N6O/c1-2-11-26-14-9-7-13(8-10-14)12-20-24-19-22-18-17(23-25-19)15-5-3-4-6-16(15)21-18/h2-10,12H,1,11H2,(H2,21,22,24,25)/b20-12-. The van der Waals surface area contributed by atoms with Crippen LogP contribution in [-0.2, 0) is 0 Å². The molecular weight excluding hydrogens is 328 g/mol. The lowest BCUT2D eigenvalue weighted by molar-refractivity contribution is 0.363. The molecule has 2 aromatic heterocycles. The van der Waals surface area contributed by atoms with E-state index in [1.165, 1.54) is 0 Å². The minimum absolute atomic E-state index is 0.325. The van der Waals surface area contributed by atoms with E-state index >= 15 is 0 Å². The number of H-pyrrole nitrogens is 1. The molecule has 0 spiro atoms. The van der Waals surface area contributed by atoms with Gasteiger partial charge in [-0.3, -0.25) is 0 Å². The average molecular weight is 344 g/mol. The molecule has 0 aliphatic rings. The molecule has 0 saturated heterocycles. The molecule has 2 aromatic carbocycles. The van der Waals surface area contributed by atoms with E-state index in [0.717, 1.165) is 27.7 Å². The third-order valence-corrected chi connectivity index (χ3v) is 3.75. The maximum atomic E-state index is 5.44. The first kappa shape index (κ1) is 15.8. The minimum Gasteiger partial charge on any atom is -0.490 e. The van der Waals surface area contributed by atoms with Crippen molar-refractivity contribution in [3.8, 4) is 5.75 Å². The summed E-state index contributed by atoms with van der Waals surface area (Å²) >= 11 is 0. The quantitative estimate of drug-likeness (QED) is 0.317. The lowest BCUT2D eigenvalue weighted by Gasteiger charge is -2.02. The van der Waals surface area contributed by atoms with Gasteiger partial charge in [0.15, 0.2) is 5.65 Å². The Morgan fingerprint density at radius 2 is 1.96 bits per heavy atom. The zero-order valence-electron chi connectivity index (χ0n) is 13.9. The van der Waals surface area contributed by atoms with Crippen LogP contribution in [-0.4, -0.2) is 33.0 Å². The second kappa shape index (κ2) is 7.02. The highest BCUT2D eigenvalue weighted by molar-refractivity contribution is 6.03. The maximum Gasteiger partial charge on any atom is 0.265 e. The Labute approximate surface area is 149 Å². The SMILES string of the molecule is C=CCOc1ccc(/C=N\Nc2nnc3c(n2)[nH]c2ccccc23)cc1. The number of anilines is 1. The number of nitrogens with zero attached hydrogens (tertiary/aromatic N) is 4. The molecule has 0 unspecified atom stereocenters. The van der Waals surface area contributed by atoms with Crippen LogP contribution in [0.5, 0.6) is 5.75 Å². The number of ether oxygens (including phenoxy) is 1. The van der Waals surface area contributed by atoms with E-state index in [9.17, 15) is 0 Å². The lowest BCUT2D eigenvalue weighted by atomic mass is 10.2. The molecule has 128 valence electrons. The van der Waals surface area contributed by atoms with E-state index < -0.39 is 0 Å². The maximum absolute atomic E-state index is 5.44. The molecule has 4 rings (SSSR count). The average Bonchev–Trinajstić information content (AvgIpc) is 3.05. The smallest absolute Gasteiger partial charge is 0.265 e. The van der Waals surface area contributed by atoms with Gasteiger partial charge in [-0.1, -0.05) is 30.9 Å². The largest absolute Gasteiger partial charge is 0.490 e. The van der Waals surface area contributed by atoms with Crippen LogP contribution < -0.4 is 10.2 Å². The molecule has 0 atom stereocenters. The van der Waals surface area contributed by atoms with Crippen LogP contribution in [0.4, 0.5) is 5.95 Å². The summed E-state index contributed by atoms with van der Waals surface area (Å²) in [6, 6.07) is 15.4. The van der Waals surface area contributed by atoms with Gasteiger partial charge in [-0.05, 0) is 35.9 Å². The number of hydrogen-bond acceptors (Lipinski definition) is 6. The molecule has 0 aliphatic carbocycles. The van der Waals surface area contributed by atoms with Crippen LogP contribution >= 0.6 is 0 Å². The Hall–Kier alpha value is -3.74. The van der Waals surface area contributed by atoms with Crippen molar-refractivity contribution in [2.75, 3.05) is 12.0 Å². The van der Waals surface area contributed by atoms with Gasteiger partial charge in [0, 0.05) is 10.9 Å². The fourth-order valence-electron chi connectivity index (χ4n) is 2.54. The number of aromatic nitrogens is 4. The van der Waals surface area contributed by atoms with Crippen molar-refractivity contribution in [1.82, 2.24) is 20.2 Å². The van der Waals surface area contributed by atoms with Crippen molar-refractivity contribution in [3.63, 3.8) is 0 Å². The predicted octanol–water partition coefficient (Wildman–Crippen LogP) is 3.52. The summed E-state index contributed by atoms with van der Waals surface area (Å²) in [5, 5.41) is 13.5. The number of nitrogens with one attached hydrogen (secondary N) is 2. The summed E-state index contributed by atoms with van der Waals surface area (Å²) in [5.41, 5.74) is 6.10. The van der Waals surface area contributed by atoms with Crippen molar-refractivity contribution in [2.45, 2.75) is 0 Å². The number of fused-ring (bicyclic) bond motifs is 3. The van der Waals surface area contributed by atoms with E-state index in [-0.39, 0.29) is 0 Å². The van der Waals surface area contributed by atoms with Gasteiger partial charge in [0.25, 0.3) is 5.95 Å². The first-order chi connectivity index (χ1) is 12.8. The number of hydrazone groups is 1. The predicted molar refractivity (Wildman–Crippen MR) is 103 cm³/mol. The molecule has 0 fully saturated rings. The summed E-state index contributed by atoms with van der Waals surface area (Å²) in [5.74, 6) is 1.11. The van der Waals surface area contributed by atoms with Gasteiger partial charge in [0.05, 0.1) is 6.21 Å². The Balaban J connectivity index is 1.47. The van der Waals surface area contributed by atoms with E-state index in [0.29, 0.717) is 18.2 Å². The zero-order chi connectivity index (χ0) is 17.8. The first-order valence-corrected chi connectivity index (χ1v) is 8.07. The van der Waals surface area contributed by atoms with Crippen LogP contribution in [0.3, 0.4) is 0 Å². The van der Waals surface area contributed by atoms with Gasteiger partial charge in [0.2, 0.25) is 0 Å². The summed E-state index contributed by atoms with van der Waals surface area (Å²) in [6.07, 6.45) is 3.38. The van der Waals surface area contributed by atoms with Crippen molar-refractivity contribution >= 4 is 34.2 Å². The molecule has 2 heterocycles. The van der Waals surface area contributed by atoms with Crippen molar-refractivity contribution < 1.29 is 4.74 Å². The number of aromatic amines is 1. The van der Waals surface area contributed by atoms with E-state index in [1.54, 1.807) is 12.3 Å². The van der Waals surface area contributed by atoms with Gasteiger partial charge >= 0.3 is 0 Å². The topological polar surface area (TPSA) is 88.1 Å². The molecule has 2 N–H and O–H groups in total. The van der Waals surface area contributed by atoms with Crippen molar-refractivity contribution in [2.24, 2.45) is 5.10 Å². The zero-order valence-corrected chi connectivity index (χ0v) is 13.9. The fraction of sp³-hybridized carbons (Fsp3) is 0.0526. The third-order valence-electron chi connectivity index (χ3n) is 3.75. The van der Waals surface area contributed by atoms with Gasteiger partial charge < -0.3 is 9.72 Å². The molecule has 0 amide bonds. The molecule has 0 radical (unpaired) electrons. The molecule has 4 aromatic rings.